The largest absolute Gasteiger partial charge is 0.438 e. The quantitative estimate of drug-likeness (QED) is 0.299. The van der Waals surface area contributed by atoms with Gasteiger partial charge in [0.25, 0.3) is 0 Å². The van der Waals surface area contributed by atoms with Gasteiger partial charge < -0.3 is 4.42 Å². The van der Waals surface area contributed by atoms with E-state index >= 15 is 0 Å². The second-order valence-electron chi connectivity index (χ2n) is 8.42. The summed E-state index contributed by atoms with van der Waals surface area (Å²) in [6.07, 6.45) is 5.95. The molecule has 154 valence electrons. The second-order valence-corrected chi connectivity index (χ2v) is 8.42. The van der Waals surface area contributed by atoms with Crippen molar-refractivity contribution >= 4 is 22.1 Å². The normalized spacial score (nSPS) is 12.0. The molecular formula is C28H26N2O. The highest BCUT2D eigenvalue weighted by Crippen LogP contribution is 2.38. The van der Waals surface area contributed by atoms with Gasteiger partial charge >= 0.3 is 0 Å². The Kier molecular flexibility index (Phi) is 4.82. The topological polar surface area (TPSA) is 38.9 Å². The third-order valence-electron chi connectivity index (χ3n) is 6.77. The lowest BCUT2D eigenvalue weighted by Crippen LogP contribution is -2.19. The number of furan rings is 1. The van der Waals surface area contributed by atoms with Gasteiger partial charge in [0.2, 0.25) is 5.71 Å². The zero-order valence-electron chi connectivity index (χ0n) is 18.2. The van der Waals surface area contributed by atoms with Crippen LogP contribution in [0.1, 0.15) is 39.2 Å². The highest BCUT2D eigenvalue weighted by atomic mass is 16.3. The molecule has 3 heterocycles. The summed E-state index contributed by atoms with van der Waals surface area (Å²) in [7, 11) is 0. The number of aromatic nitrogens is 2. The minimum atomic E-state index is 0.161. The lowest BCUT2D eigenvalue weighted by molar-refractivity contribution is 0.438. The van der Waals surface area contributed by atoms with Crippen LogP contribution in [0.15, 0.2) is 83.5 Å². The molecule has 0 radical (unpaired) electrons. The molecule has 31 heavy (non-hydrogen) atoms. The number of hydrogen-bond donors (Lipinski definition) is 0. The number of benzene rings is 2. The summed E-state index contributed by atoms with van der Waals surface area (Å²) < 4.78 is 6.09. The highest BCUT2D eigenvalue weighted by Gasteiger charge is 2.23. The van der Waals surface area contributed by atoms with Crippen LogP contribution in [0.4, 0.5) is 0 Å². The smallest absolute Gasteiger partial charge is 0.227 e. The molecule has 0 amide bonds. The molecule has 5 rings (SSSR count). The van der Waals surface area contributed by atoms with Crippen molar-refractivity contribution < 1.29 is 4.42 Å². The molecule has 0 aliphatic heterocycles. The monoisotopic (exact) mass is 406 g/mol. The maximum Gasteiger partial charge on any atom is 0.227 e. The third-order valence-corrected chi connectivity index (χ3v) is 6.77. The van der Waals surface area contributed by atoms with Crippen molar-refractivity contribution in [3.05, 3.63) is 84.7 Å². The van der Waals surface area contributed by atoms with Crippen LogP contribution in [-0.4, -0.2) is 9.97 Å². The minimum absolute atomic E-state index is 0.161. The number of rotatable bonds is 5. The molecule has 3 aromatic heterocycles. The van der Waals surface area contributed by atoms with Crippen molar-refractivity contribution in [2.45, 2.75) is 39.0 Å². The zero-order valence-corrected chi connectivity index (χ0v) is 18.2. The minimum Gasteiger partial charge on any atom is -0.438 e. The molecule has 0 atom stereocenters. The van der Waals surface area contributed by atoms with Crippen LogP contribution in [0, 0.1) is 0 Å². The Hall–Kier alpha value is -3.46. The highest BCUT2D eigenvalue weighted by molar-refractivity contribution is 6.12. The van der Waals surface area contributed by atoms with Crippen LogP contribution in [0.2, 0.25) is 0 Å². The van der Waals surface area contributed by atoms with Gasteiger partial charge in [0.05, 0.1) is 11.1 Å². The summed E-state index contributed by atoms with van der Waals surface area (Å²) in [5.41, 5.74) is 7.39. The molecule has 3 heteroatoms. The van der Waals surface area contributed by atoms with Crippen LogP contribution in [-0.2, 0) is 5.41 Å². The molecule has 5 aromatic rings. The van der Waals surface area contributed by atoms with Crippen molar-refractivity contribution in [2.24, 2.45) is 0 Å². The predicted octanol–water partition coefficient (Wildman–Crippen LogP) is 7.79. The summed E-state index contributed by atoms with van der Waals surface area (Å²) >= 11 is 0. The van der Waals surface area contributed by atoms with Crippen molar-refractivity contribution in [3.63, 3.8) is 0 Å². The van der Waals surface area contributed by atoms with Gasteiger partial charge in [-0.25, -0.2) is 4.98 Å². The van der Waals surface area contributed by atoms with E-state index in [2.05, 4.69) is 80.4 Å². The van der Waals surface area contributed by atoms with E-state index in [9.17, 15) is 0 Å². The lowest BCUT2D eigenvalue weighted by atomic mass is 9.78. The van der Waals surface area contributed by atoms with Crippen LogP contribution < -0.4 is 0 Å². The van der Waals surface area contributed by atoms with Gasteiger partial charge in [-0.05, 0) is 71.3 Å². The SMILES string of the molecule is CCC(C)(CC)c1ccnc(-c2ccc3oc4nccc(-c5ccccc5)c4c3c2)c1. The number of hydrogen-bond acceptors (Lipinski definition) is 3. The van der Waals surface area contributed by atoms with Crippen LogP contribution >= 0.6 is 0 Å². The van der Waals surface area contributed by atoms with E-state index in [0.717, 1.165) is 51.6 Å². The fraction of sp³-hybridized carbons (Fsp3) is 0.214. The summed E-state index contributed by atoms with van der Waals surface area (Å²) in [6.45, 7) is 6.84. The van der Waals surface area contributed by atoms with E-state index in [4.69, 9.17) is 9.40 Å². The Morgan fingerprint density at radius 3 is 2.35 bits per heavy atom. The molecule has 3 nitrogen and oxygen atoms in total. The van der Waals surface area contributed by atoms with Gasteiger partial charge in [0.1, 0.15) is 5.58 Å². The van der Waals surface area contributed by atoms with E-state index in [1.54, 1.807) is 0 Å². The molecule has 0 unspecified atom stereocenters. The molecule has 0 aliphatic rings. The van der Waals surface area contributed by atoms with Gasteiger partial charge in [0.15, 0.2) is 0 Å². The van der Waals surface area contributed by atoms with Crippen LogP contribution in [0.25, 0.3) is 44.5 Å². The predicted molar refractivity (Wildman–Crippen MR) is 128 cm³/mol. The summed E-state index contributed by atoms with van der Waals surface area (Å²) in [6, 6.07) is 23.2. The first kappa shape index (κ1) is 19.5. The fourth-order valence-electron chi connectivity index (χ4n) is 4.34. The number of pyridine rings is 2. The first-order valence-electron chi connectivity index (χ1n) is 11.0. The van der Waals surface area contributed by atoms with E-state index in [1.807, 2.05) is 24.5 Å². The van der Waals surface area contributed by atoms with E-state index in [0.29, 0.717) is 5.71 Å². The number of nitrogens with zero attached hydrogens (tertiary/aromatic N) is 2. The van der Waals surface area contributed by atoms with E-state index < -0.39 is 0 Å². The molecule has 2 aromatic carbocycles. The summed E-state index contributed by atoms with van der Waals surface area (Å²) in [5.74, 6) is 0. The Labute approximate surface area is 182 Å². The van der Waals surface area contributed by atoms with Crippen LogP contribution in [0.3, 0.4) is 0 Å². The van der Waals surface area contributed by atoms with Crippen molar-refractivity contribution in [3.8, 4) is 22.4 Å². The van der Waals surface area contributed by atoms with E-state index in [-0.39, 0.29) is 5.41 Å². The van der Waals surface area contributed by atoms with Crippen molar-refractivity contribution in [2.75, 3.05) is 0 Å². The Morgan fingerprint density at radius 2 is 1.58 bits per heavy atom. The Balaban J connectivity index is 1.70. The van der Waals surface area contributed by atoms with Gasteiger partial charge in [0, 0.05) is 23.3 Å². The maximum absolute atomic E-state index is 6.09. The van der Waals surface area contributed by atoms with Gasteiger partial charge in [-0.1, -0.05) is 51.1 Å². The van der Waals surface area contributed by atoms with Gasteiger partial charge in [-0.3, -0.25) is 4.98 Å². The maximum atomic E-state index is 6.09. The molecule has 0 bridgehead atoms. The number of fused-ring (bicyclic) bond motifs is 3. The van der Waals surface area contributed by atoms with Gasteiger partial charge in [-0.15, -0.1) is 0 Å². The summed E-state index contributed by atoms with van der Waals surface area (Å²) in [4.78, 5) is 9.19. The molecule has 0 spiro atoms. The fourth-order valence-corrected chi connectivity index (χ4v) is 4.34. The zero-order chi connectivity index (χ0) is 21.4. The Bertz CT molecular complexity index is 1360. The second kappa shape index (κ2) is 7.66. The lowest BCUT2D eigenvalue weighted by Gasteiger charge is -2.27. The average molecular weight is 407 g/mol. The third kappa shape index (κ3) is 3.31. The first-order valence-corrected chi connectivity index (χ1v) is 11.0. The van der Waals surface area contributed by atoms with Crippen molar-refractivity contribution in [1.29, 1.82) is 0 Å². The van der Waals surface area contributed by atoms with Gasteiger partial charge in [-0.2, -0.15) is 0 Å². The first-order chi connectivity index (χ1) is 15.1. The van der Waals surface area contributed by atoms with Crippen molar-refractivity contribution in [1.82, 2.24) is 9.97 Å². The molecule has 0 saturated heterocycles. The molecule has 0 aliphatic carbocycles. The average Bonchev–Trinajstić information content (AvgIpc) is 3.22. The summed E-state index contributed by atoms with van der Waals surface area (Å²) in [5, 5.41) is 2.12. The standard InChI is InChI=1S/C28H26N2O/c1-4-28(3,5-2)21-13-15-29-24(18-21)20-11-12-25-23(17-20)26-22(14-16-30-27(26)31-25)19-9-7-6-8-10-19/h6-18H,4-5H2,1-3H3. The van der Waals surface area contributed by atoms with E-state index in [1.165, 1.54) is 5.56 Å². The molecule has 0 saturated carbocycles. The Morgan fingerprint density at radius 1 is 0.806 bits per heavy atom. The van der Waals surface area contributed by atoms with Crippen LogP contribution in [0.5, 0.6) is 0 Å². The molecule has 0 N–H and O–H groups in total. The molecule has 0 fully saturated rings. The molecular weight excluding hydrogens is 380 g/mol.